The zero-order valence-corrected chi connectivity index (χ0v) is 48.3. The van der Waals surface area contributed by atoms with E-state index in [0.717, 1.165) is 27.8 Å². The number of hydrogen-bond donors (Lipinski definition) is 4. The highest BCUT2D eigenvalue weighted by Gasteiger charge is 2.40. The lowest BCUT2D eigenvalue weighted by Gasteiger charge is -2.41. The summed E-state index contributed by atoms with van der Waals surface area (Å²) in [6, 6.07) is 30.0. The topological polar surface area (TPSA) is 254 Å². The summed E-state index contributed by atoms with van der Waals surface area (Å²) in [6.07, 6.45) is -0.929. The molecule has 0 unspecified atom stereocenters. The van der Waals surface area contributed by atoms with Crippen molar-refractivity contribution in [1.29, 1.82) is 0 Å². The highest BCUT2D eigenvalue weighted by atomic mass is 35.5. The van der Waals surface area contributed by atoms with Crippen molar-refractivity contribution >= 4 is 62.8 Å². The molecule has 4 amide bonds. The molecule has 83 heavy (non-hydrogen) atoms. The van der Waals surface area contributed by atoms with Crippen molar-refractivity contribution in [2.24, 2.45) is 0 Å². The van der Waals surface area contributed by atoms with E-state index in [1.165, 1.54) is 0 Å². The Balaban J connectivity index is 0.675. The molecule has 3 heterocycles. The lowest BCUT2D eigenvalue weighted by molar-refractivity contribution is -0.123. The maximum absolute atomic E-state index is 14.4. The molecule has 0 bridgehead atoms. The van der Waals surface area contributed by atoms with Gasteiger partial charge in [0.25, 0.3) is 16.0 Å². The highest BCUT2D eigenvalue weighted by molar-refractivity contribution is 7.85. The van der Waals surface area contributed by atoms with Crippen molar-refractivity contribution in [3.63, 3.8) is 0 Å². The second-order valence-corrected chi connectivity index (χ2v) is 22.6. The summed E-state index contributed by atoms with van der Waals surface area (Å²) >= 11 is 13.0. The van der Waals surface area contributed by atoms with Gasteiger partial charge in [-0.05, 0) is 78.1 Å². The number of fused-ring (bicyclic) bond motifs is 6. The van der Waals surface area contributed by atoms with Gasteiger partial charge in [0, 0.05) is 57.5 Å². The molecule has 4 N–H and O–H groups in total. The Bertz CT molecular complexity index is 3390. The molecule has 1 aliphatic carbocycles. The molecule has 6 aromatic rings. The molecule has 0 saturated carbocycles. The number of anilines is 1. The lowest BCUT2D eigenvalue weighted by atomic mass is 9.95. The van der Waals surface area contributed by atoms with Crippen molar-refractivity contribution in [2.75, 3.05) is 104 Å². The average Bonchev–Trinajstić information content (AvgIpc) is 4.26. The molecule has 1 atom stereocenters. The fourth-order valence-corrected chi connectivity index (χ4v) is 11.3. The molecule has 1 saturated heterocycles. The number of alkyl carbamates (subject to hydrolysis) is 1. The van der Waals surface area contributed by atoms with Crippen LogP contribution in [0.25, 0.3) is 39.2 Å². The molecular formula is C59H64Cl2N6O15S. The molecule has 2 aliphatic heterocycles. The summed E-state index contributed by atoms with van der Waals surface area (Å²) in [6.45, 7) is 6.77. The SMILES string of the molecule is COc1cc2c(cc1-c1cccc(NC(=O)CCOCCOCCOCCOCCNC(=O)[C@H](CS(=O)(=O)O)NC(=O)OCC3c4ccccc4-c4ccccc43)c1)-c1c(c(C(=O)N3CCOCC3(C)C)nn1-c1cc(Cl)cc(Cl)c1)CO2. The normalized spacial score (nSPS) is 14.6. The Hall–Kier alpha value is -7.12. The molecule has 0 spiro atoms. The quantitative estimate of drug-likeness (QED) is 0.0297. The number of hydrogen-bond acceptors (Lipinski definition) is 15. The van der Waals surface area contributed by atoms with Gasteiger partial charge in [-0.25, -0.2) is 9.48 Å². The van der Waals surface area contributed by atoms with Crippen LogP contribution in [0, 0.1) is 0 Å². The van der Waals surface area contributed by atoms with Gasteiger partial charge in [0.2, 0.25) is 11.8 Å². The van der Waals surface area contributed by atoms with Crippen molar-refractivity contribution < 1.29 is 70.0 Å². The summed E-state index contributed by atoms with van der Waals surface area (Å²) < 4.78 is 80.3. The molecule has 21 nitrogen and oxygen atoms in total. The van der Waals surface area contributed by atoms with E-state index in [9.17, 15) is 32.1 Å². The molecule has 24 heteroatoms. The first-order chi connectivity index (χ1) is 40.0. The fraction of sp³-hybridized carbons (Fsp3) is 0.373. The first kappa shape index (κ1) is 60.5. The number of benzene rings is 5. The minimum atomic E-state index is -4.65. The van der Waals surface area contributed by atoms with Crippen LogP contribution in [0.2, 0.25) is 10.0 Å². The summed E-state index contributed by atoms with van der Waals surface area (Å²) in [5.74, 6) is -1.63. The number of rotatable bonds is 26. The van der Waals surface area contributed by atoms with Gasteiger partial charge >= 0.3 is 6.09 Å². The molecule has 9 rings (SSSR count). The maximum Gasteiger partial charge on any atom is 0.407 e. The van der Waals surface area contributed by atoms with Crippen LogP contribution >= 0.6 is 23.2 Å². The molecule has 0 radical (unpaired) electrons. The Labute approximate surface area is 490 Å². The van der Waals surface area contributed by atoms with E-state index < -0.39 is 39.5 Å². The first-order valence-corrected chi connectivity index (χ1v) is 29.2. The standard InChI is InChI=1S/C59H64Cl2N6O15S/c1-59(2)36-80-20-17-66(59)57(70)54-49-34-81-52-32-51(75-3)46(31-47(52)55(49)67(65-54)41-29-38(60)28-39(61)30-41)37-9-8-10-40(27-37)63-53(68)15-18-76-21-23-78-25-26-79-24-22-77-19-16-62-56(69)50(35-83(72,73)74)64-58(71)82-33-48-44-13-6-4-11-42(44)43-12-5-7-14-45(43)48/h4-14,27-32,48,50H,15-26,33-36H2,1-3H3,(H,62,69)(H,63,68)(H,64,71)(H,72,73,74)/t50-/m0/s1. The largest absolute Gasteiger partial charge is 0.496 e. The van der Waals surface area contributed by atoms with Crippen LogP contribution in [0.4, 0.5) is 10.5 Å². The smallest absolute Gasteiger partial charge is 0.407 e. The third kappa shape index (κ3) is 15.2. The minimum absolute atomic E-state index is 0.0184. The van der Waals surface area contributed by atoms with E-state index >= 15 is 0 Å². The van der Waals surface area contributed by atoms with E-state index in [1.54, 1.807) is 47.0 Å². The number of ether oxygens (including phenoxy) is 8. The monoisotopic (exact) mass is 1200 g/mol. The molecule has 1 fully saturated rings. The van der Waals surface area contributed by atoms with E-state index in [1.807, 2.05) is 86.6 Å². The van der Waals surface area contributed by atoms with E-state index in [4.69, 9.17) is 66.2 Å². The highest BCUT2D eigenvalue weighted by Crippen LogP contribution is 2.48. The van der Waals surface area contributed by atoms with E-state index in [0.29, 0.717) is 75.1 Å². The van der Waals surface area contributed by atoms with Crippen LogP contribution in [0.5, 0.6) is 11.5 Å². The Kier molecular flexibility index (Phi) is 20.0. The molecule has 5 aromatic carbocycles. The average molecular weight is 1200 g/mol. The van der Waals surface area contributed by atoms with Crippen LogP contribution in [0.1, 0.15) is 53.4 Å². The van der Waals surface area contributed by atoms with Crippen molar-refractivity contribution in [3.8, 4) is 50.7 Å². The second kappa shape index (κ2) is 27.5. The van der Waals surface area contributed by atoms with Crippen LogP contribution in [0.3, 0.4) is 0 Å². The van der Waals surface area contributed by atoms with Crippen molar-refractivity contribution in [3.05, 3.63) is 136 Å². The number of carbonyl (C=O) groups is 4. The van der Waals surface area contributed by atoms with Crippen LogP contribution in [-0.4, -0.2) is 162 Å². The third-order valence-corrected chi connectivity index (χ3v) is 15.2. The van der Waals surface area contributed by atoms with Gasteiger partial charge in [0.05, 0.1) is 96.5 Å². The van der Waals surface area contributed by atoms with Gasteiger partial charge in [0.15, 0.2) is 5.69 Å². The summed E-state index contributed by atoms with van der Waals surface area (Å²) in [5, 5.41) is 13.4. The van der Waals surface area contributed by atoms with Gasteiger partial charge < -0.3 is 58.7 Å². The fourth-order valence-electron chi connectivity index (χ4n) is 10.1. The summed E-state index contributed by atoms with van der Waals surface area (Å²) in [5.41, 5.74) is 8.10. The van der Waals surface area contributed by atoms with E-state index in [2.05, 4.69) is 16.0 Å². The first-order valence-electron chi connectivity index (χ1n) is 26.9. The van der Waals surface area contributed by atoms with Gasteiger partial charge in [0.1, 0.15) is 36.5 Å². The molecule has 3 aliphatic rings. The van der Waals surface area contributed by atoms with Crippen molar-refractivity contribution in [2.45, 2.75) is 44.4 Å². The van der Waals surface area contributed by atoms with Gasteiger partial charge in [-0.1, -0.05) is 83.9 Å². The van der Waals surface area contributed by atoms with Crippen LogP contribution in [0.15, 0.2) is 103 Å². The summed E-state index contributed by atoms with van der Waals surface area (Å²) in [7, 11) is -3.09. The van der Waals surface area contributed by atoms with Gasteiger partial charge in [-0.2, -0.15) is 13.5 Å². The lowest BCUT2D eigenvalue weighted by Crippen LogP contribution is -2.55. The second-order valence-electron chi connectivity index (χ2n) is 20.3. The molecule has 440 valence electrons. The Morgan fingerprint density at radius 1 is 0.795 bits per heavy atom. The third-order valence-electron chi connectivity index (χ3n) is 14.0. The Morgan fingerprint density at radius 2 is 1.45 bits per heavy atom. The number of methoxy groups -OCH3 is 1. The maximum atomic E-state index is 14.4. The number of halogens is 2. The zero-order valence-electron chi connectivity index (χ0n) is 46.0. The molecule has 1 aromatic heterocycles. The number of carbonyl (C=O) groups excluding carboxylic acids is 4. The predicted molar refractivity (Wildman–Crippen MR) is 309 cm³/mol. The van der Waals surface area contributed by atoms with Gasteiger partial charge in [-0.3, -0.25) is 18.9 Å². The van der Waals surface area contributed by atoms with Crippen LogP contribution in [-0.2, 0) is 54.7 Å². The molecular weight excluding hydrogens is 1140 g/mol. The minimum Gasteiger partial charge on any atom is -0.496 e. The summed E-state index contributed by atoms with van der Waals surface area (Å²) in [4.78, 5) is 54.9. The van der Waals surface area contributed by atoms with E-state index in [-0.39, 0.29) is 102 Å². The zero-order chi connectivity index (χ0) is 58.7. The number of nitrogens with one attached hydrogen (secondary N) is 3. The Morgan fingerprint density at radius 3 is 2.10 bits per heavy atom. The number of morpholine rings is 1. The number of nitrogens with zero attached hydrogens (tertiary/aromatic N) is 3. The van der Waals surface area contributed by atoms with Crippen molar-refractivity contribution in [1.82, 2.24) is 25.3 Å². The van der Waals surface area contributed by atoms with Crippen LogP contribution < -0.4 is 25.4 Å². The van der Waals surface area contributed by atoms with Gasteiger partial charge in [-0.15, -0.1) is 0 Å². The predicted octanol–water partition coefficient (Wildman–Crippen LogP) is 7.97. The number of aromatic nitrogens is 2. The number of amides is 4.